The SMILES string of the molecule is C/C(=C/Cl)COc1ccc(C)cc1S(=O)(=O)Cl. The molecular weight excluding hydrogens is 283 g/mol. The summed E-state index contributed by atoms with van der Waals surface area (Å²) in [6.45, 7) is 3.77. The van der Waals surface area contributed by atoms with Gasteiger partial charge >= 0.3 is 0 Å². The van der Waals surface area contributed by atoms with Crippen molar-refractivity contribution in [1.29, 1.82) is 0 Å². The van der Waals surface area contributed by atoms with Gasteiger partial charge in [0.2, 0.25) is 0 Å². The molecule has 0 fully saturated rings. The fourth-order valence-electron chi connectivity index (χ4n) is 1.15. The summed E-state index contributed by atoms with van der Waals surface area (Å²) in [5.74, 6) is 0.225. The average molecular weight is 295 g/mol. The standard InChI is InChI=1S/C11H12Cl2O3S/c1-8-3-4-10(16-7-9(2)6-12)11(5-8)17(13,14)15/h3-6H,7H2,1-2H3/b9-6-. The van der Waals surface area contributed by atoms with Gasteiger partial charge in [-0.3, -0.25) is 0 Å². The first-order valence-electron chi connectivity index (χ1n) is 4.78. The van der Waals surface area contributed by atoms with E-state index < -0.39 is 9.05 Å². The summed E-state index contributed by atoms with van der Waals surface area (Å²) in [5.41, 5.74) is 2.95. The minimum atomic E-state index is -3.82. The highest BCUT2D eigenvalue weighted by molar-refractivity contribution is 8.13. The lowest BCUT2D eigenvalue weighted by Crippen LogP contribution is -2.03. The molecule has 1 aromatic rings. The van der Waals surface area contributed by atoms with E-state index >= 15 is 0 Å². The van der Waals surface area contributed by atoms with E-state index in [1.807, 2.05) is 0 Å². The molecule has 1 rings (SSSR count). The molecule has 0 unspecified atom stereocenters. The maximum atomic E-state index is 11.4. The topological polar surface area (TPSA) is 43.4 Å². The molecule has 0 atom stereocenters. The fourth-order valence-corrected chi connectivity index (χ4v) is 2.27. The molecule has 0 aliphatic heterocycles. The van der Waals surface area contributed by atoms with Crippen LogP contribution < -0.4 is 4.74 Å². The Balaban J connectivity index is 3.08. The van der Waals surface area contributed by atoms with Crippen LogP contribution in [0.4, 0.5) is 0 Å². The van der Waals surface area contributed by atoms with Crippen LogP contribution in [0.1, 0.15) is 12.5 Å². The Morgan fingerprint density at radius 1 is 1.47 bits per heavy atom. The van der Waals surface area contributed by atoms with Crippen LogP contribution in [0.3, 0.4) is 0 Å². The number of halogens is 2. The summed E-state index contributed by atoms with van der Waals surface area (Å²) in [7, 11) is 1.52. The normalized spacial score (nSPS) is 12.6. The Morgan fingerprint density at radius 3 is 2.65 bits per heavy atom. The summed E-state index contributed by atoms with van der Waals surface area (Å²) < 4.78 is 28.1. The van der Waals surface area contributed by atoms with Crippen LogP contribution in [0.2, 0.25) is 0 Å². The van der Waals surface area contributed by atoms with Gasteiger partial charge in [-0.2, -0.15) is 0 Å². The van der Waals surface area contributed by atoms with Crippen molar-refractivity contribution in [2.24, 2.45) is 0 Å². The Kier molecular flexibility index (Phi) is 4.86. The molecule has 0 saturated carbocycles. The predicted molar refractivity (Wildman–Crippen MR) is 69.3 cm³/mol. The predicted octanol–water partition coefficient (Wildman–Crippen LogP) is 3.44. The third-order valence-electron chi connectivity index (χ3n) is 2.00. The van der Waals surface area contributed by atoms with Crippen molar-refractivity contribution in [3.63, 3.8) is 0 Å². The minimum Gasteiger partial charge on any atom is -0.488 e. The molecule has 0 aliphatic carbocycles. The van der Waals surface area contributed by atoms with Crippen molar-refractivity contribution in [2.45, 2.75) is 18.7 Å². The van der Waals surface area contributed by atoms with Crippen molar-refractivity contribution in [1.82, 2.24) is 0 Å². The van der Waals surface area contributed by atoms with E-state index in [9.17, 15) is 8.42 Å². The van der Waals surface area contributed by atoms with Crippen molar-refractivity contribution in [3.8, 4) is 5.75 Å². The van der Waals surface area contributed by atoms with Crippen LogP contribution >= 0.6 is 22.3 Å². The van der Waals surface area contributed by atoms with Crippen LogP contribution in [0, 0.1) is 6.92 Å². The first-order valence-corrected chi connectivity index (χ1v) is 7.53. The zero-order valence-corrected chi connectivity index (χ0v) is 11.7. The lowest BCUT2D eigenvalue weighted by atomic mass is 10.2. The van der Waals surface area contributed by atoms with Gasteiger partial charge in [0.05, 0.1) is 0 Å². The second-order valence-corrected chi connectivity index (χ2v) is 6.38. The molecule has 0 spiro atoms. The van der Waals surface area contributed by atoms with Crippen LogP contribution in [0.25, 0.3) is 0 Å². The average Bonchev–Trinajstić information content (AvgIpc) is 2.25. The molecule has 0 aliphatic rings. The summed E-state index contributed by atoms with van der Waals surface area (Å²) in [5, 5.41) is 0. The molecule has 0 amide bonds. The van der Waals surface area contributed by atoms with Gasteiger partial charge in [-0.05, 0) is 37.1 Å². The maximum absolute atomic E-state index is 11.4. The van der Waals surface area contributed by atoms with Crippen molar-refractivity contribution in [3.05, 3.63) is 34.9 Å². The van der Waals surface area contributed by atoms with Crippen molar-refractivity contribution in [2.75, 3.05) is 6.61 Å². The zero-order valence-electron chi connectivity index (χ0n) is 9.41. The monoisotopic (exact) mass is 294 g/mol. The summed E-state index contributed by atoms with van der Waals surface area (Å²) in [6.07, 6.45) is 0. The maximum Gasteiger partial charge on any atom is 0.264 e. The highest BCUT2D eigenvalue weighted by atomic mass is 35.7. The zero-order chi connectivity index (χ0) is 13.1. The summed E-state index contributed by atoms with van der Waals surface area (Å²) in [6, 6.07) is 4.80. The Morgan fingerprint density at radius 2 is 2.12 bits per heavy atom. The molecule has 0 aromatic heterocycles. The first kappa shape index (κ1) is 14.4. The van der Waals surface area contributed by atoms with Crippen LogP contribution in [-0.4, -0.2) is 15.0 Å². The number of rotatable bonds is 4. The fraction of sp³-hybridized carbons (Fsp3) is 0.273. The number of ether oxygens (including phenoxy) is 1. The Bertz CT molecular complexity index is 536. The Labute approximate surface area is 110 Å². The van der Waals surface area contributed by atoms with E-state index in [1.165, 1.54) is 11.6 Å². The molecule has 17 heavy (non-hydrogen) atoms. The molecule has 0 heterocycles. The molecule has 0 radical (unpaired) electrons. The molecule has 0 bridgehead atoms. The van der Waals surface area contributed by atoms with Gasteiger partial charge in [0.25, 0.3) is 9.05 Å². The highest BCUT2D eigenvalue weighted by Gasteiger charge is 2.17. The molecule has 1 aromatic carbocycles. The van der Waals surface area contributed by atoms with Crippen LogP contribution in [0.5, 0.6) is 5.75 Å². The van der Waals surface area contributed by atoms with E-state index in [0.29, 0.717) is 0 Å². The van der Waals surface area contributed by atoms with Crippen LogP contribution in [0.15, 0.2) is 34.2 Å². The summed E-state index contributed by atoms with van der Waals surface area (Å²) >= 11 is 5.49. The number of hydrogen-bond donors (Lipinski definition) is 0. The third kappa shape index (κ3) is 4.22. The van der Waals surface area contributed by atoms with E-state index in [1.54, 1.807) is 26.0 Å². The smallest absolute Gasteiger partial charge is 0.264 e. The van der Waals surface area contributed by atoms with Gasteiger partial charge in [0.15, 0.2) is 0 Å². The van der Waals surface area contributed by atoms with Gasteiger partial charge in [-0.25, -0.2) is 8.42 Å². The van der Waals surface area contributed by atoms with E-state index in [2.05, 4.69) is 0 Å². The van der Waals surface area contributed by atoms with Gasteiger partial charge in [0.1, 0.15) is 17.3 Å². The van der Waals surface area contributed by atoms with Crippen LogP contribution in [-0.2, 0) is 9.05 Å². The largest absolute Gasteiger partial charge is 0.488 e. The molecule has 94 valence electrons. The lowest BCUT2D eigenvalue weighted by Gasteiger charge is -2.10. The first-order chi connectivity index (χ1) is 7.84. The quantitative estimate of drug-likeness (QED) is 0.799. The van der Waals surface area contributed by atoms with Gasteiger partial charge in [-0.15, -0.1) is 0 Å². The molecule has 3 nitrogen and oxygen atoms in total. The minimum absolute atomic E-state index is 0.0264. The number of benzene rings is 1. The van der Waals surface area contributed by atoms with E-state index in [0.717, 1.165) is 11.1 Å². The summed E-state index contributed by atoms with van der Waals surface area (Å²) in [4.78, 5) is -0.0264. The number of aryl methyl sites for hydroxylation is 1. The molecule has 0 saturated heterocycles. The van der Waals surface area contributed by atoms with Gasteiger partial charge in [0, 0.05) is 16.2 Å². The van der Waals surface area contributed by atoms with Crippen molar-refractivity contribution >= 4 is 31.3 Å². The van der Waals surface area contributed by atoms with E-state index in [4.69, 9.17) is 27.0 Å². The molecular formula is C11H12Cl2O3S. The number of hydrogen-bond acceptors (Lipinski definition) is 3. The second kappa shape index (κ2) is 5.76. The van der Waals surface area contributed by atoms with E-state index in [-0.39, 0.29) is 17.3 Å². The van der Waals surface area contributed by atoms with Gasteiger partial charge < -0.3 is 4.74 Å². The Hall–Kier alpha value is -0.710. The molecule has 0 N–H and O–H groups in total. The van der Waals surface area contributed by atoms with Gasteiger partial charge in [-0.1, -0.05) is 17.7 Å². The lowest BCUT2D eigenvalue weighted by molar-refractivity contribution is 0.343. The highest BCUT2D eigenvalue weighted by Crippen LogP contribution is 2.28. The molecule has 6 heteroatoms. The third-order valence-corrected chi connectivity index (χ3v) is 3.72. The van der Waals surface area contributed by atoms with Crippen molar-refractivity contribution < 1.29 is 13.2 Å². The second-order valence-electron chi connectivity index (χ2n) is 3.63.